The molecule has 170 valence electrons. The molecule has 7 atom stereocenters. The van der Waals surface area contributed by atoms with Crippen LogP contribution in [0, 0.1) is 23.7 Å². The van der Waals surface area contributed by atoms with Gasteiger partial charge in [-0.3, -0.25) is 9.59 Å². The summed E-state index contributed by atoms with van der Waals surface area (Å²) in [6, 6.07) is 9.72. The Balaban J connectivity index is 1.46. The van der Waals surface area contributed by atoms with E-state index < -0.39 is 6.04 Å². The highest BCUT2D eigenvalue weighted by Crippen LogP contribution is 2.48. The molecule has 1 heterocycles. The Bertz CT molecular complexity index is 793. The van der Waals surface area contributed by atoms with E-state index in [9.17, 15) is 9.59 Å². The van der Waals surface area contributed by atoms with Crippen LogP contribution in [0.2, 0.25) is 0 Å². The van der Waals surface area contributed by atoms with Crippen LogP contribution in [0.5, 0.6) is 0 Å². The molecule has 5 nitrogen and oxygen atoms in total. The fourth-order valence-electron chi connectivity index (χ4n) is 6.74. The highest BCUT2D eigenvalue weighted by atomic mass is 16.2. The Morgan fingerprint density at radius 2 is 1.87 bits per heavy atom. The number of nitrogens with two attached hydrogens (primary N) is 1. The molecule has 5 heteroatoms. The Hall–Kier alpha value is -1.88. The van der Waals surface area contributed by atoms with Gasteiger partial charge in [0.05, 0.1) is 12.5 Å². The molecule has 2 saturated carbocycles. The minimum atomic E-state index is -0.464. The summed E-state index contributed by atoms with van der Waals surface area (Å²) in [5, 5.41) is 3.43. The van der Waals surface area contributed by atoms with E-state index in [0.29, 0.717) is 24.2 Å². The van der Waals surface area contributed by atoms with Gasteiger partial charge in [0.1, 0.15) is 0 Å². The minimum Gasteiger partial charge on any atom is -0.350 e. The summed E-state index contributed by atoms with van der Waals surface area (Å²) < 4.78 is 0. The monoisotopic (exact) mass is 425 g/mol. The highest BCUT2D eigenvalue weighted by molar-refractivity contribution is 5.83. The Morgan fingerprint density at radius 3 is 2.55 bits per heavy atom. The lowest BCUT2D eigenvalue weighted by atomic mass is 9.59. The van der Waals surface area contributed by atoms with Gasteiger partial charge in [-0.2, -0.15) is 0 Å². The maximum Gasteiger partial charge on any atom is 0.240 e. The van der Waals surface area contributed by atoms with Gasteiger partial charge >= 0.3 is 0 Å². The zero-order chi connectivity index (χ0) is 22.2. The quantitative estimate of drug-likeness (QED) is 0.758. The lowest BCUT2D eigenvalue weighted by Gasteiger charge is -2.52. The first-order chi connectivity index (χ1) is 14.8. The molecule has 2 bridgehead atoms. The van der Waals surface area contributed by atoms with Gasteiger partial charge in [-0.15, -0.1) is 0 Å². The maximum absolute atomic E-state index is 13.3. The molecule has 2 aliphatic carbocycles. The van der Waals surface area contributed by atoms with E-state index >= 15 is 0 Å². The molecule has 0 spiro atoms. The van der Waals surface area contributed by atoms with E-state index in [-0.39, 0.29) is 29.3 Å². The van der Waals surface area contributed by atoms with E-state index in [2.05, 4.69) is 26.1 Å². The van der Waals surface area contributed by atoms with Gasteiger partial charge in [0.15, 0.2) is 0 Å². The normalized spacial score (nSPS) is 36.1. The van der Waals surface area contributed by atoms with Gasteiger partial charge in [-0.05, 0) is 74.7 Å². The second kappa shape index (κ2) is 8.93. The average Bonchev–Trinajstić information content (AvgIpc) is 3.04. The predicted octanol–water partition coefficient (Wildman–Crippen LogP) is 3.51. The molecule has 0 radical (unpaired) electrons. The molecule has 2 amide bonds. The van der Waals surface area contributed by atoms with E-state index in [0.717, 1.165) is 44.2 Å². The van der Waals surface area contributed by atoms with E-state index in [4.69, 9.17) is 5.73 Å². The number of likely N-dealkylation sites (tertiary alicyclic amines) is 1. The molecular weight excluding hydrogens is 386 g/mol. The summed E-state index contributed by atoms with van der Waals surface area (Å²) in [5.74, 6) is 1.99. The van der Waals surface area contributed by atoms with Gasteiger partial charge in [0, 0.05) is 18.1 Å². The van der Waals surface area contributed by atoms with Crippen molar-refractivity contribution in [3.8, 4) is 0 Å². The van der Waals surface area contributed by atoms with Crippen molar-refractivity contribution in [3.05, 3.63) is 35.9 Å². The smallest absolute Gasteiger partial charge is 0.240 e. The van der Waals surface area contributed by atoms with Crippen LogP contribution < -0.4 is 11.1 Å². The molecule has 3 aliphatic rings. The number of carbonyl (C=O) groups excluding carboxylic acids is 2. The Kier molecular flexibility index (Phi) is 6.43. The van der Waals surface area contributed by atoms with Crippen molar-refractivity contribution in [2.75, 3.05) is 6.54 Å². The first-order valence-electron chi connectivity index (χ1n) is 12.2. The highest BCUT2D eigenvalue weighted by Gasteiger charge is 2.49. The molecule has 6 unspecified atom stereocenters. The van der Waals surface area contributed by atoms with Crippen LogP contribution in [0.15, 0.2) is 30.3 Å². The Labute approximate surface area is 187 Å². The predicted molar refractivity (Wildman–Crippen MR) is 123 cm³/mol. The molecule has 1 aromatic carbocycles. The van der Waals surface area contributed by atoms with Crippen LogP contribution in [0.25, 0.3) is 0 Å². The summed E-state index contributed by atoms with van der Waals surface area (Å²) in [6.07, 6.45) is 6.46. The topological polar surface area (TPSA) is 75.4 Å². The van der Waals surface area contributed by atoms with E-state index in [1.54, 1.807) is 0 Å². The number of fused-ring (bicyclic) bond motifs is 2. The largest absolute Gasteiger partial charge is 0.350 e. The summed E-state index contributed by atoms with van der Waals surface area (Å²) in [5.41, 5.74) is 7.44. The van der Waals surface area contributed by atoms with Crippen LogP contribution in [0.1, 0.15) is 64.9 Å². The molecule has 4 rings (SSSR count). The zero-order valence-electron chi connectivity index (χ0n) is 19.3. The van der Waals surface area contributed by atoms with Crippen LogP contribution in [0.4, 0.5) is 0 Å². The lowest BCUT2D eigenvalue weighted by Crippen LogP contribution is -2.60. The van der Waals surface area contributed by atoms with Crippen LogP contribution >= 0.6 is 0 Å². The van der Waals surface area contributed by atoms with Crippen molar-refractivity contribution in [1.29, 1.82) is 0 Å². The summed E-state index contributed by atoms with van der Waals surface area (Å²) in [7, 11) is 0. The summed E-state index contributed by atoms with van der Waals surface area (Å²) in [4.78, 5) is 28.2. The molecule has 1 saturated heterocycles. The molecule has 3 N–H and O–H groups in total. The maximum atomic E-state index is 13.3. The second-order valence-corrected chi connectivity index (χ2v) is 10.9. The van der Waals surface area contributed by atoms with E-state index in [1.807, 2.05) is 35.2 Å². The first kappa shape index (κ1) is 22.3. The summed E-state index contributed by atoms with van der Waals surface area (Å²) >= 11 is 0. The third-order valence-electron chi connectivity index (χ3n) is 8.27. The number of benzene rings is 1. The number of nitrogens with zero attached hydrogens (tertiary/aromatic N) is 1. The third kappa shape index (κ3) is 4.82. The van der Waals surface area contributed by atoms with E-state index in [1.165, 1.54) is 6.42 Å². The fourth-order valence-corrected chi connectivity index (χ4v) is 6.74. The van der Waals surface area contributed by atoms with Crippen molar-refractivity contribution in [2.24, 2.45) is 29.4 Å². The van der Waals surface area contributed by atoms with Crippen molar-refractivity contribution in [3.63, 3.8) is 0 Å². The number of amides is 2. The van der Waals surface area contributed by atoms with Crippen molar-refractivity contribution in [2.45, 2.75) is 83.3 Å². The molecule has 1 aromatic rings. The van der Waals surface area contributed by atoms with Gasteiger partial charge in [0.25, 0.3) is 0 Å². The SMILES string of the molecule is CC1CC2CC([C@H](N)C(=O)N3CCC(C)C3C)CC(NC(=O)Cc3ccccc3)(C1)C2. The van der Waals surface area contributed by atoms with Crippen molar-refractivity contribution in [1.82, 2.24) is 10.2 Å². The minimum absolute atomic E-state index is 0.0848. The average molecular weight is 426 g/mol. The standard InChI is InChI=1S/C26H39N3O2/c1-17-11-21-12-22(24(27)25(31)29-10-9-18(2)19(29)3)16-26(14-17,15-21)28-23(30)13-20-7-5-4-6-8-20/h4-8,17-19,21-22,24H,9-16,27H2,1-3H3,(H,28,30)/t17?,18?,19?,21?,22?,24-,26?/m0/s1. The molecule has 0 aromatic heterocycles. The van der Waals surface area contributed by atoms with Crippen LogP contribution in [-0.2, 0) is 16.0 Å². The second-order valence-electron chi connectivity index (χ2n) is 10.9. The van der Waals surface area contributed by atoms with Gasteiger partial charge in [-0.25, -0.2) is 0 Å². The van der Waals surface area contributed by atoms with Crippen molar-refractivity contribution < 1.29 is 9.59 Å². The first-order valence-corrected chi connectivity index (χ1v) is 12.2. The number of nitrogens with one attached hydrogen (secondary N) is 1. The lowest BCUT2D eigenvalue weighted by molar-refractivity contribution is -0.136. The van der Waals surface area contributed by atoms with Crippen LogP contribution in [0.3, 0.4) is 0 Å². The summed E-state index contributed by atoms with van der Waals surface area (Å²) in [6.45, 7) is 7.47. The number of carbonyl (C=O) groups is 2. The zero-order valence-corrected chi connectivity index (χ0v) is 19.3. The fraction of sp³-hybridized carbons (Fsp3) is 0.692. The third-order valence-corrected chi connectivity index (χ3v) is 8.27. The molecule has 31 heavy (non-hydrogen) atoms. The number of rotatable bonds is 5. The molecular formula is C26H39N3O2. The van der Waals surface area contributed by atoms with Gasteiger partial charge in [-0.1, -0.05) is 44.2 Å². The molecule has 1 aliphatic heterocycles. The number of hydrogen-bond acceptors (Lipinski definition) is 3. The Morgan fingerprint density at radius 1 is 1.13 bits per heavy atom. The molecule has 3 fully saturated rings. The van der Waals surface area contributed by atoms with Gasteiger partial charge in [0.2, 0.25) is 11.8 Å². The number of hydrogen-bond donors (Lipinski definition) is 2. The van der Waals surface area contributed by atoms with Crippen molar-refractivity contribution >= 4 is 11.8 Å². The van der Waals surface area contributed by atoms with Gasteiger partial charge < -0.3 is 16.0 Å². The van der Waals surface area contributed by atoms with Crippen LogP contribution in [-0.4, -0.2) is 40.9 Å².